The van der Waals surface area contributed by atoms with Crippen LogP contribution in [-0.2, 0) is 0 Å². The van der Waals surface area contributed by atoms with Crippen molar-refractivity contribution in [2.24, 2.45) is 0 Å². The number of nitrogens with zero attached hydrogens (tertiary/aromatic N) is 6. The van der Waals surface area contributed by atoms with Gasteiger partial charge in [0.2, 0.25) is 0 Å². The SMILES string of the molecule is CC[C@H](C)c1nc(N2CCN(C(=O)c3ccccc3F)CC2)c2c(C)nn(-c3ccc(C)cc3)c2n1. The van der Waals surface area contributed by atoms with E-state index in [1.807, 2.05) is 11.6 Å². The summed E-state index contributed by atoms with van der Waals surface area (Å²) in [5, 5.41) is 5.77. The summed E-state index contributed by atoms with van der Waals surface area (Å²) in [7, 11) is 0. The largest absolute Gasteiger partial charge is 0.352 e. The number of hydrogen-bond donors (Lipinski definition) is 0. The van der Waals surface area contributed by atoms with E-state index >= 15 is 0 Å². The number of benzene rings is 2. The van der Waals surface area contributed by atoms with Gasteiger partial charge in [0.05, 0.1) is 22.3 Å². The molecule has 2 aromatic heterocycles. The van der Waals surface area contributed by atoms with Gasteiger partial charge in [0.25, 0.3) is 5.91 Å². The Hall–Kier alpha value is -3.81. The first-order valence-electron chi connectivity index (χ1n) is 12.5. The summed E-state index contributed by atoms with van der Waals surface area (Å²) in [6.07, 6.45) is 0.924. The van der Waals surface area contributed by atoms with Crippen LogP contribution in [0.5, 0.6) is 0 Å². The maximum absolute atomic E-state index is 14.2. The van der Waals surface area contributed by atoms with Crippen molar-refractivity contribution in [3.05, 3.63) is 77.0 Å². The van der Waals surface area contributed by atoms with E-state index in [4.69, 9.17) is 15.1 Å². The van der Waals surface area contributed by atoms with Crippen molar-refractivity contribution in [3.8, 4) is 5.69 Å². The molecular weight excluding hydrogens is 455 g/mol. The Morgan fingerprint density at radius 1 is 1.00 bits per heavy atom. The van der Waals surface area contributed by atoms with E-state index in [-0.39, 0.29) is 17.4 Å². The third-order valence-corrected chi connectivity index (χ3v) is 7.00. The molecule has 5 rings (SSSR count). The average Bonchev–Trinajstić information content (AvgIpc) is 3.24. The highest BCUT2D eigenvalue weighted by molar-refractivity contribution is 5.95. The van der Waals surface area contributed by atoms with Crippen LogP contribution in [-0.4, -0.2) is 56.7 Å². The molecule has 4 aromatic rings. The monoisotopic (exact) mass is 486 g/mol. The topological polar surface area (TPSA) is 67.2 Å². The molecule has 0 radical (unpaired) electrons. The first kappa shape index (κ1) is 23.9. The van der Waals surface area contributed by atoms with Crippen molar-refractivity contribution in [2.75, 3.05) is 31.1 Å². The normalized spacial score (nSPS) is 14.9. The second kappa shape index (κ2) is 9.68. The third-order valence-electron chi connectivity index (χ3n) is 7.00. The highest BCUT2D eigenvalue weighted by atomic mass is 19.1. The first-order chi connectivity index (χ1) is 17.4. The van der Waals surface area contributed by atoms with Crippen molar-refractivity contribution >= 4 is 22.8 Å². The molecule has 0 aliphatic carbocycles. The van der Waals surface area contributed by atoms with E-state index in [1.54, 1.807) is 23.1 Å². The summed E-state index contributed by atoms with van der Waals surface area (Å²) < 4.78 is 16.1. The number of aromatic nitrogens is 4. The molecule has 1 atom stereocenters. The van der Waals surface area contributed by atoms with Crippen molar-refractivity contribution < 1.29 is 9.18 Å². The number of rotatable bonds is 5. The Labute approximate surface area is 210 Å². The van der Waals surface area contributed by atoms with Crippen LogP contribution in [0.4, 0.5) is 10.2 Å². The van der Waals surface area contributed by atoms with E-state index in [2.05, 4.69) is 49.9 Å². The summed E-state index contributed by atoms with van der Waals surface area (Å²) in [5.74, 6) is 1.07. The molecule has 1 saturated heterocycles. The molecule has 0 bridgehead atoms. The molecule has 0 unspecified atom stereocenters. The van der Waals surface area contributed by atoms with Gasteiger partial charge in [-0.2, -0.15) is 5.10 Å². The predicted molar refractivity (Wildman–Crippen MR) is 139 cm³/mol. The number of piperazine rings is 1. The number of hydrogen-bond acceptors (Lipinski definition) is 5. The van der Waals surface area contributed by atoms with Gasteiger partial charge in [0.15, 0.2) is 5.65 Å². The second-order valence-electron chi connectivity index (χ2n) is 9.51. The number of aryl methyl sites for hydroxylation is 2. The molecule has 186 valence electrons. The van der Waals surface area contributed by atoms with Crippen LogP contribution < -0.4 is 4.90 Å². The summed E-state index contributed by atoms with van der Waals surface area (Å²) >= 11 is 0. The smallest absolute Gasteiger partial charge is 0.256 e. The number of halogens is 1. The van der Waals surface area contributed by atoms with Crippen LogP contribution in [0.3, 0.4) is 0 Å². The molecule has 7 nitrogen and oxygen atoms in total. The Morgan fingerprint density at radius 2 is 1.69 bits per heavy atom. The van der Waals surface area contributed by atoms with Gasteiger partial charge in [-0.15, -0.1) is 0 Å². The van der Waals surface area contributed by atoms with E-state index in [1.165, 1.54) is 11.6 Å². The highest BCUT2D eigenvalue weighted by Crippen LogP contribution is 2.32. The summed E-state index contributed by atoms with van der Waals surface area (Å²) in [4.78, 5) is 26.8. The first-order valence-corrected chi connectivity index (χ1v) is 12.5. The number of carbonyl (C=O) groups is 1. The summed E-state index contributed by atoms with van der Waals surface area (Å²) in [5.41, 5.74) is 3.91. The lowest BCUT2D eigenvalue weighted by Crippen LogP contribution is -2.49. The standard InChI is InChI=1S/C28H31FN6O/c1-5-19(3)25-30-26(24-20(4)32-35(27(24)31-25)21-12-10-18(2)11-13-21)33-14-16-34(17-15-33)28(36)22-8-6-7-9-23(22)29/h6-13,19H,5,14-17H2,1-4H3/t19-/m0/s1. The molecular formula is C28H31FN6O. The number of fused-ring (bicyclic) bond motifs is 1. The van der Waals surface area contributed by atoms with Crippen LogP contribution in [0.25, 0.3) is 16.7 Å². The molecule has 1 aliphatic rings. The van der Waals surface area contributed by atoms with Gasteiger partial charge in [-0.25, -0.2) is 19.0 Å². The molecule has 0 N–H and O–H groups in total. The van der Waals surface area contributed by atoms with Gasteiger partial charge in [0, 0.05) is 32.1 Å². The van der Waals surface area contributed by atoms with Gasteiger partial charge in [-0.3, -0.25) is 4.79 Å². The quantitative estimate of drug-likeness (QED) is 0.395. The molecule has 1 aliphatic heterocycles. The van der Waals surface area contributed by atoms with Crippen molar-refractivity contribution in [1.82, 2.24) is 24.6 Å². The Balaban J connectivity index is 1.50. The number of carbonyl (C=O) groups excluding carboxylic acids is 1. The zero-order chi connectivity index (χ0) is 25.4. The highest BCUT2D eigenvalue weighted by Gasteiger charge is 2.28. The second-order valence-corrected chi connectivity index (χ2v) is 9.51. The molecule has 1 amide bonds. The lowest BCUT2D eigenvalue weighted by Gasteiger charge is -2.36. The molecule has 8 heteroatoms. The fraction of sp³-hybridized carbons (Fsp3) is 0.357. The molecule has 36 heavy (non-hydrogen) atoms. The number of amides is 1. The van der Waals surface area contributed by atoms with Crippen LogP contribution >= 0.6 is 0 Å². The van der Waals surface area contributed by atoms with E-state index in [9.17, 15) is 9.18 Å². The van der Waals surface area contributed by atoms with Gasteiger partial charge in [-0.1, -0.05) is 43.7 Å². The number of anilines is 1. The van der Waals surface area contributed by atoms with Gasteiger partial charge in [0.1, 0.15) is 17.5 Å². The van der Waals surface area contributed by atoms with Crippen LogP contribution in [0.2, 0.25) is 0 Å². The van der Waals surface area contributed by atoms with Crippen molar-refractivity contribution in [3.63, 3.8) is 0 Å². The molecule has 0 spiro atoms. The Kier molecular flexibility index (Phi) is 6.43. The maximum Gasteiger partial charge on any atom is 0.256 e. The third kappa shape index (κ3) is 4.32. The lowest BCUT2D eigenvalue weighted by atomic mass is 10.1. The Morgan fingerprint density at radius 3 is 2.36 bits per heavy atom. The minimum Gasteiger partial charge on any atom is -0.352 e. The van der Waals surface area contributed by atoms with Crippen molar-refractivity contribution in [1.29, 1.82) is 0 Å². The zero-order valence-electron chi connectivity index (χ0n) is 21.2. The minimum atomic E-state index is -0.486. The molecule has 0 saturated carbocycles. The van der Waals surface area contributed by atoms with E-state index < -0.39 is 5.82 Å². The van der Waals surface area contributed by atoms with Crippen LogP contribution in [0.1, 0.15) is 53.6 Å². The van der Waals surface area contributed by atoms with Gasteiger partial charge in [-0.05, 0) is 44.5 Å². The predicted octanol–water partition coefficient (Wildman–Crippen LogP) is 5.05. The van der Waals surface area contributed by atoms with E-state index in [0.29, 0.717) is 26.2 Å². The van der Waals surface area contributed by atoms with Gasteiger partial charge < -0.3 is 9.80 Å². The van der Waals surface area contributed by atoms with Crippen LogP contribution in [0.15, 0.2) is 48.5 Å². The Bertz CT molecular complexity index is 1410. The van der Waals surface area contributed by atoms with Crippen molar-refractivity contribution in [2.45, 2.75) is 40.0 Å². The summed E-state index contributed by atoms with van der Waals surface area (Å²) in [6.45, 7) is 10.5. The average molecular weight is 487 g/mol. The maximum atomic E-state index is 14.2. The zero-order valence-corrected chi connectivity index (χ0v) is 21.2. The fourth-order valence-corrected chi connectivity index (χ4v) is 4.60. The molecule has 3 heterocycles. The fourth-order valence-electron chi connectivity index (χ4n) is 4.60. The van der Waals surface area contributed by atoms with E-state index in [0.717, 1.165) is 40.5 Å². The molecule has 2 aromatic carbocycles. The molecule has 1 fully saturated rings. The van der Waals surface area contributed by atoms with Gasteiger partial charge >= 0.3 is 0 Å². The van der Waals surface area contributed by atoms with Crippen LogP contribution in [0, 0.1) is 19.7 Å². The lowest BCUT2D eigenvalue weighted by molar-refractivity contribution is 0.0742. The summed E-state index contributed by atoms with van der Waals surface area (Å²) in [6, 6.07) is 14.4. The minimum absolute atomic E-state index is 0.115.